The van der Waals surface area contributed by atoms with Gasteiger partial charge in [-0.15, -0.1) is 0 Å². The number of pyridine rings is 1. The lowest BCUT2D eigenvalue weighted by Crippen LogP contribution is -2.21. The second-order valence-electron chi connectivity index (χ2n) is 3.74. The molecule has 0 unspecified atom stereocenters. The molecule has 18 heavy (non-hydrogen) atoms. The highest BCUT2D eigenvalue weighted by Crippen LogP contribution is 2.14. The molecule has 0 saturated heterocycles. The van der Waals surface area contributed by atoms with Crippen molar-refractivity contribution in [1.29, 1.82) is 0 Å². The van der Waals surface area contributed by atoms with Crippen LogP contribution in [0.3, 0.4) is 0 Å². The number of sulfone groups is 1. The van der Waals surface area contributed by atoms with Gasteiger partial charge in [0.2, 0.25) is 0 Å². The van der Waals surface area contributed by atoms with Gasteiger partial charge in [0.25, 0.3) is 5.56 Å². The first-order chi connectivity index (χ1) is 8.50. The van der Waals surface area contributed by atoms with Gasteiger partial charge >= 0.3 is 0 Å². The summed E-state index contributed by atoms with van der Waals surface area (Å²) in [5.74, 6) is -0.427. The van der Waals surface area contributed by atoms with Crippen LogP contribution in [0.1, 0.15) is 5.69 Å². The molecule has 2 aromatic rings. The molecule has 0 aliphatic rings. The molecule has 2 rings (SSSR count). The van der Waals surface area contributed by atoms with E-state index < -0.39 is 21.1 Å². The van der Waals surface area contributed by atoms with Crippen LogP contribution in [0.15, 0.2) is 58.2 Å². The van der Waals surface area contributed by atoms with Crippen molar-refractivity contribution in [3.05, 3.63) is 64.6 Å². The predicted molar refractivity (Wildman–Crippen MR) is 65.2 cm³/mol. The Bertz CT molecular complexity index is 704. The summed E-state index contributed by atoms with van der Waals surface area (Å²) in [4.78, 5) is 11.3. The molecule has 6 heteroatoms. The smallest absolute Gasteiger partial charge is 0.283 e. The van der Waals surface area contributed by atoms with Crippen molar-refractivity contribution in [3.8, 4) is 0 Å². The van der Waals surface area contributed by atoms with Crippen molar-refractivity contribution in [2.24, 2.45) is 0 Å². The molecule has 0 aliphatic carbocycles. The van der Waals surface area contributed by atoms with Crippen molar-refractivity contribution in [1.82, 2.24) is 4.73 Å². The molecule has 1 aromatic heterocycles. The molecule has 0 aliphatic heterocycles. The zero-order chi connectivity index (χ0) is 13.2. The van der Waals surface area contributed by atoms with E-state index in [0.29, 0.717) is 4.73 Å². The minimum atomic E-state index is -3.57. The van der Waals surface area contributed by atoms with E-state index in [9.17, 15) is 18.4 Å². The molecular weight excluding hydrogens is 254 g/mol. The van der Waals surface area contributed by atoms with Gasteiger partial charge in [0, 0.05) is 6.07 Å². The topological polar surface area (TPSA) is 76.4 Å². The fourth-order valence-corrected chi connectivity index (χ4v) is 2.89. The van der Waals surface area contributed by atoms with Crippen LogP contribution < -0.4 is 5.56 Å². The number of aromatic nitrogens is 1. The molecule has 0 fully saturated rings. The average molecular weight is 265 g/mol. The summed E-state index contributed by atoms with van der Waals surface area (Å²) in [5, 5.41) is 9.45. The van der Waals surface area contributed by atoms with Gasteiger partial charge in [-0.1, -0.05) is 24.3 Å². The summed E-state index contributed by atoms with van der Waals surface area (Å²) in [6.45, 7) is 0. The van der Waals surface area contributed by atoms with E-state index in [4.69, 9.17) is 0 Å². The fraction of sp³-hybridized carbons (Fsp3) is 0.0833. The molecule has 1 heterocycles. The molecule has 0 radical (unpaired) electrons. The Kier molecular flexibility index (Phi) is 3.20. The second kappa shape index (κ2) is 4.66. The number of hydrogen-bond acceptors (Lipinski definition) is 4. The lowest BCUT2D eigenvalue weighted by atomic mass is 10.4. The monoisotopic (exact) mass is 265 g/mol. The zero-order valence-corrected chi connectivity index (χ0v) is 10.2. The lowest BCUT2D eigenvalue weighted by Gasteiger charge is -2.07. The fourth-order valence-electron chi connectivity index (χ4n) is 1.54. The summed E-state index contributed by atoms with van der Waals surface area (Å²) < 4.78 is 24.4. The quantitative estimate of drug-likeness (QED) is 0.842. The van der Waals surface area contributed by atoms with Gasteiger partial charge in [0.05, 0.1) is 16.3 Å². The molecule has 1 N–H and O–H groups in total. The van der Waals surface area contributed by atoms with E-state index in [2.05, 4.69) is 0 Å². The average Bonchev–Trinajstić information content (AvgIpc) is 2.36. The minimum absolute atomic E-state index is 0.0337. The maximum Gasteiger partial charge on any atom is 0.283 e. The molecule has 0 atom stereocenters. The highest BCUT2D eigenvalue weighted by atomic mass is 32.2. The number of rotatable bonds is 3. The van der Waals surface area contributed by atoms with Crippen molar-refractivity contribution in [2.45, 2.75) is 10.6 Å². The lowest BCUT2D eigenvalue weighted by molar-refractivity contribution is 0.167. The zero-order valence-electron chi connectivity index (χ0n) is 9.35. The van der Waals surface area contributed by atoms with Crippen molar-refractivity contribution in [3.63, 3.8) is 0 Å². The van der Waals surface area contributed by atoms with E-state index in [1.807, 2.05) is 0 Å². The van der Waals surface area contributed by atoms with E-state index in [1.165, 1.54) is 24.3 Å². The van der Waals surface area contributed by atoms with Crippen molar-refractivity contribution < 1.29 is 13.6 Å². The van der Waals surface area contributed by atoms with Crippen LogP contribution in [0, 0.1) is 0 Å². The van der Waals surface area contributed by atoms with Gasteiger partial charge in [-0.05, 0) is 18.2 Å². The Labute approximate surface area is 104 Å². The van der Waals surface area contributed by atoms with Gasteiger partial charge < -0.3 is 5.21 Å². The molecule has 0 bridgehead atoms. The molecule has 0 amide bonds. The summed E-state index contributed by atoms with van der Waals surface area (Å²) >= 11 is 0. The Morgan fingerprint density at radius 1 is 1.00 bits per heavy atom. The maximum atomic E-state index is 12.0. The van der Waals surface area contributed by atoms with Gasteiger partial charge in [-0.2, -0.15) is 4.73 Å². The molecular formula is C12H11NO4S. The first kappa shape index (κ1) is 12.4. The third-order valence-electron chi connectivity index (χ3n) is 2.45. The van der Waals surface area contributed by atoms with E-state index >= 15 is 0 Å². The molecule has 0 saturated carbocycles. The van der Waals surface area contributed by atoms with Crippen LogP contribution in [-0.2, 0) is 15.6 Å². The molecule has 94 valence electrons. The highest BCUT2D eigenvalue weighted by molar-refractivity contribution is 7.90. The Hall–Kier alpha value is -2.08. The summed E-state index contributed by atoms with van der Waals surface area (Å²) in [7, 11) is -3.57. The molecule has 0 spiro atoms. The number of nitrogens with zero attached hydrogens (tertiary/aromatic N) is 1. The maximum absolute atomic E-state index is 12.0. The van der Waals surface area contributed by atoms with Crippen LogP contribution in [0.4, 0.5) is 0 Å². The Morgan fingerprint density at radius 2 is 1.67 bits per heavy atom. The van der Waals surface area contributed by atoms with E-state index in [0.717, 1.165) is 6.07 Å². The first-order valence-electron chi connectivity index (χ1n) is 5.19. The standard InChI is InChI=1S/C12H11NO4S/c14-12-8-4-5-10(13(12)15)9-18(16,17)11-6-2-1-3-7-11/h1-8,15H,9H2. The Morgan fingerprint density at radius 3 is 2.33 bits per heavy atom. The first-order valence-corrected chi connectivity index (χ1v) is 6.84. The summed E-state index contributed by atoms with van der Waals surface area (Å²) in [6.07, 6.45) is 0. The summed E-state index contributed by atoms with van der Waals surface area (Å²) in [6, 6.07) is 11.8. The SMILES string of the molecule is O=c1cccc(CS(=O)(=O)c2ccccc2)n1O. The minimum Gasteiger partial charge on any atom is -0.425 e. The Balaban J connectivity index is 2.41. The third kappa shape index (κ3) is 2.43. The number of benzene rings is 1. The van der Waals surface area contributed by atoms with Gasteiger partial charge in [-0.25, -0.2) is 8.42 Å². The normalized spacial score (nSPS) is 11.3. The van der Waals surface area contributed by atoms with Crippen molar-refractivity contribution >= 4 is 9.84 Å². The van der Waals surface area contributed by atoms with Gasteiger partial charge in [0.15, 0.2) is 9.84 Å². The molecule has 5 nitrogen and oxygen atoms in total. The van der Waals surface area contributed by atoms with Crippen LogP contribution in [0.25, 0.3) is 0 Å². The van der Waals surface area contributed by atoms with Gasteiger partial charge in [0.1, 0.15) is 0 Å². The van der Waals surface area contributed by atoms with Crippen LogP contribution in [0.5, 0.6) is 0 Å². The predicted octanol–water partition coefficient (Wildman–Crippen LogP) is 1.06. The highest BCUT2D eigenvalue weighted by Gasteiger charge is 2.17. The van der Waals surface area contributed by atoms with Crippen LogP contribution >= 0.6 is 0 Å². The van der Waals surface area contributed by atoms with E-state index in [-0.39, 0.29) is 10.6 Å². The second-order valence-corrected chi connectivity index (χ2v) is 5.73. The molecule has 1 aromatic carbocycles. The number of hydrogen-bond donors (Lipinski definition) is 1. The van der Waals surface area contributed by atoms with Crippen LogP contribution in [0.2, 0.25) is 0 Å². The van der Waals surface area contributed by atoms with E-state index in [1.54, 1.807) is 18.2 Å². The van der Waals surface area contributed by atoms with Gasteiger partial charge in [-0.3, -0.25) is 4.79 Å². The largest absolute Gasteiger partial charge is 0.425 e. The third-order valence-corrected chi connectivity index (χ3v) is 4.11. The summed E-state index contributed by atoms with van der Waals surface area (Å²) in [5.41, 5.74) is -0.623. The van der Waals surface area contributed by atoms with Crippen LogP contribution in [-0.4, -0.2) is 18.4 Å². The van der Waals surface area contributed by atoms with Crippen molar-refractivity contribution in [2.75, 3.05) is 0 Å².